The van der Waals surface area contributed by atoms with Gasteiger partial charge in [0, 0.05) is 51.2 Å². The van der Waals surface area contributed by atoms with Crippen LogP contribution < -0.4 is 5.32 Å². The SMILES string of the molecule is C[C@H]1CNCCN1CCn1ccnc1. The first-order valence-electron chi connectivity index (χ1n) is 5.27. The van der Waals surface area contributed by atoms with Crippen LogP contribution in [0.1, 0.15) is 6.92 Å². The third kappa shape index (κ3) is 2.33. The number of nitrogens with zero attached hydrogens (tertiary/aromatic N) is 3. The van der Waals surface area contributed by atoms with Crippen LogP contribution in [0.15, 0.2) is 18.7 Å². The highest BCUT2D eigenvalue weighted by molar-refractivity contribution is 4.78. The zero-order valence-corrected chi connectivity index (χ0v) is 8.69. The van der Waals surface area contributed by atoms with E-state index < -0.39 is 0 Å². The average molecular weight is 194 g/mol. The zero-order valence-electron chi connectivity index (χ0n) is 8.69. The summed E-state index contributed by atoms with van der Waals surface area (Å²) < 4.78 is 2.13. The second-order valence-electron chi connectivity index (χ2n) is 3.89. The molecule has 0 radical (unpaired) electrons. The van der Waals surface area contributed by atoms with Crippen molar-refractivity contribution >= 4 is 0 Å². The quantitative estimate of drug-likeness (QED) is 0.745. The van der Waals surface area contributed by atoms with Gasteiger partial charge in [0.1, 0.15) is 0 Å². The van der Waals surface area contributed by atoms with E-state index in [9.17, 15) is 0 Å². The second kappa shape index (κ2) is 4.57. The van der Waals surface area contributed by atoms with Gasteiger partial charge in [-0.05, 0) is 6.92 Å². The van der Waals surface area contributed by atoms with Crippen LogP contribution in [0.2, 0.25) is 0 Å². The van der Waals surface area contributed by atoms with Crippen molar-refractivity contribution in [2.45, 2.75) is 19.5 Å². The molecule has 0 saturated carbocycles. The smallest absolute Gasteiger partial charge is 0.0946 e. The van der Waals surface area contributed by atoms with Crippen LogP contribution in [0, 0.1) is 0 Å². The molecule has 2 heterocycles. The maximum atomic E-state index is 4.04. The summed E-state index contributed by atoms with van der Waals surface area (Å²) in [5.74, 6) is 0. The Labute approximate surface area is 84.9 Å². The van der Waals surface area contributed by atoms with Gasteiger partial charge in [-0.3, -0.25) is 4.90 Å². The second-order valence-corrected chi connectivity index (χ2v) is 3.89. The van der Waals surface area contributed by atoms with E-state index in [4.69, 9.17) is 0 Å². The number of aromatic nitrogens is 2. The summed E-state index contributed by atoms with van der Waals surface area (Å²) in [4.78, 5) is 6.56. The van der Waals surface area contributed by atoms with Gasteiger partial charge in [0.05, 0.1) is 6.33 Å². The Bertz CT molecular complexity index is 257. The largest absolute Gasteiger partial charge is 0.336 e. The minimum Gasteiger partial charge on any atom is -0.336 e. The summed E-state index contributed by atoms with van der Waals surface area (Å²) in [6.07, 6.45) is 5.74. The maximum Gasteiger partial charge on any atom is 0.0946 e. The summed E-state index contributed by atoms with van der Waals surface area (Å²) in [5, 5.41) is 3.40. The summed E-state index contributed by atoms with van der Waals surface area (Å²) >= 11 is 0. The van der Waals surface area contributed by atoms with Crippen LogP contribution in [-0.2, 0) is 6.54 Å². The summed E-state index contributed by atoms with van der Waals surface area (Å²) in [7, 11) is 0. The molecule has 2 rings (SSSR count). The van der Waals surface area contributed by atoms with Crippen LogP contribution in [0.25, 0.3) is 0 Å². The van der Waals surface area contributed by atoms with Gasteiger partial charge in [0.25, 0.3) is 0 Å². The zero-order chi connectivity index (χ0) is 9.80. The standard InChI is InChI=1S/C10H18N4/c1-10-8-11-3-5-14(10)7-6-13-4-2-12-9-13/h2,4,9-11H,3,5-8H2,1H3/t10-/m0/s1. The van der Waals surface area contributed by atoms with E-state index in [1.165, 1.54) is 0 Å². The molecule has 0 amide bonds. The Balaban J connectivity index is 1.79. The van der Waals surface area contributed by atoms with E-state index in [1.54, 1.807) is 0 Å². The molecule has 0 aliphatic carbocycles. The lowest BCUT2D eigenvalue weighted by Gasteiger charge is -2.33. The van der Waals surface area contributed by atoms with E-state index in [2.05, 4.69) is 26.7 Å². The summed E-state index contributed by atoms with van der Waals surface area (Å²) in [6, 6.07) is 0.660. The molecule has 0 spiro atoms. The van der Waals surface area contributed by atoms with Crippen molar-refractivity contribution in [3.05, 3.63) is 18.7 Å². The molecule has 14 heavy (non-hydrogen) atoms. The molecule has 1 N–H and O–H groups in total. The molecular weight excluding hydrogens is 176 g/mol. The monoisotopic (exact) mass is 194 g/mol. The van der Waals surface area contributed by atoms with Crippen LogP contribution >= 0.6 is 0 Å². The van der Waals surface area contributed by atoms with Crippen molar-refractivity contribution in [3.8, 4) is 0 Å². The molecule has 0 aromatic carbocycles. The molecule has 4 nitrogen and oxygen atoms in total. The van der Waals surface area contributed by atoms with Crippen molar-refractivity contribution < 1.29 is 0 Å². The fourth-order valence-electron chi connectivity index (χ4n) is 1.88. The molecular formula is C10H18N4. The van der Waals surface area contributed by atoms with Gasteiger partial charge in [-0.25, -0.2) is 4.98 Å². The molecule has 4 heteroatoms. The van der Waals surface area contributed by atoms with Gasteiger partial charge >= 0.3 is 0 Å². The first-order chi connectivity index (χ1) is 6.86. The Hall–Kier alpha value is -0.870. The molecule has 1 aliphatic rings. The minimum absolute atomic E-state index is 0.660. The van der Waals surface area contributed by atoms with Crippen molar-refractivity contribution in [1.29, 1.82) is 0 Å². The maximum absolute atomic E-state index is 4.04. The van der Waals surface area contributed by atoms with E-state index in [1.807, 2.05) is 18.7 Å². The van der Waals surface area contributed by atoms with Crippen molar-refractivity contribution in [1.82, 2.24) is 19.8 Å². The fraction of sp³-hybridized carbons (Fsp3) is 0.700. The summed E-state index contributed by atoms with van der Waals surface area (Å²) in [6.45, 7) is 7.84. The Kier molecular flexibility index (Phi) is 3.16. The third-order valence-electron chi connectivity index (χ3n) is 2.84. The highest BCUT2D eigenvalue weighted by atomic mass is 15.2. The van der Waals surface area contributed by atoms with Crippen LogP contribution in [-0.4, -0.2) is 46.7 Å². The Morgan fingerprint density at radius 1 is 1.50 bits per heavy atom. The lowest BCUT2D eigenvalue weighted by Crippen LogP contribution is -2.50. The Morgan fingerprint density at radius 2 is 2.43 bits per heavy atom. The summed E-state index contributed by atoms with van der Waals surface area (Å²) in [5.41, 5.74) is 0. The van der Waals surface area contributed by atoms with E-state index in [0.717, 1.165) is 32.7 Å². The van der Waals surface area contributed by atoms with Gasteiger partial charge in [0.15, 0.2) is 0 Å². The lowest BCUT2D eigenvalue weighted by molar-refractivity contribution is 0.168. The predicted molar refractivity (Wildman–Crippen MR) is 56.1 cm³/mol. The first-order valence-corrected chi connectivity index (χ1v) is 5.27. The van der Waals surface area contributed by atoms with Crippen molar-refractivity contribution in [2.75, 3.05) is 26.2 Å². The van der Waals surface area contributed by atoms with Gasteiger partial charge < -0.3 is 9.88 Å². The van der Waals surface area contributed by atoms with Crippen molar-refractivity contribution in [3.63, 3.8) is 0 Å². The third-order valence-corrected chi connectivity index (χ3v) is 2.84. The highest BCUT2D eigenvalue weighted by Crippen LogP contribution is 2.02. The average Bonchev–Trinajstić information content (AvgIpc) is 2.69. The lowest BCUT2D eigenvalue weighted by atomic mass is 10.2. The molecule has 1 atom stereocenters. The molecule has 1 aromatic rings. The fourth-order valence-corrected chi connectivity index (χ4v) is 1.88. The number of imidazole rings is 1. The number of nitrogens with one attached hydrogen (secondary N) is 1. The topological polar surface area (TPSA) is 33.1 Å². The molecule has 1 saturated heterocycles. The van der Waals surface area contributed by atoms with Crippen LogP contribution in [0.4, 0.5) is 0 Å². The number of rotatable bonds is 3. The molecule has 0 unspecified atom stereocenters. The molecule has 1 fully saturated rings. The normalized spacial score (nSPS) is 23.9. The van der Waals surface area contributed by atoms with Crippen molar-refractivity contribution in [2.24, 2.45) is 0 Å². The Morgan fingerprint density at radius 3 is 3.14 bits per heavy atom. The number of hydrogen-bond donors (Lipinski definition) is 1. The number of piperazine rings is 1. The molecule has 0 bridgehead atoms. The van der Waals surface area contributed by atoms with Gasteiger partial charge in [-0.1, -0.05) is 0 Å². The minimum atomic E-state index is 0.660. The molecule has 1 aliphatic heterocycles. The van der Waals surface area contributed by atoms with Crippen LogP contribution in [0.5, 0.6) is 0 Å². The van der Waals surface area contributed by atoms with E-state index >= 15 is 0 Å². The molecule has 78 valence electrons. The van der Waals surface area contributed by atoms with E-state index in [0.29, 0.717) is 6.04 Å². The highest BCUT2D eigenvalue weighted by Gasteiger charge is 2.16. The van der Waals surface area contributed by atoms with Gasteiger partial charge in [0.2, 0.25) is 0 Å². The van der Waals surface area contributed by atoms with Crippen LogP contribution in [0.3, 0.4) is 0 Å². The number of hydrogen-bond acceptors (Lipinski definition) is 3. The predicted octanol–water partition coefficient (Wildman–Crippen LogP) is 0.177. The van der Waals surface area contributed by atoms with E-state index in [-0.39, 0.29) is 0 Å². The molecule has 1 aromatic heterocycles. The first kappa shape index (κ1) is 9.68. The van der Waals surface area contributed by atoms with Gasteiger partial charge in [-0.2, -0.15) is 0 Å². The van der Waals surface area contributed by atoms with Gasteiger partial charge in [-0.15, -0.1) is 0 Å².